The topological polar surface area (TPSA) is 158 Å². The molecule has 3 amide bonds. The fraction of sp³-hybridized carbons (Fsp3) is 0.536. The maximum Gasteiger partial charge on any atom is 0.345 e. The Kier molecular flexibility index (Phi) is 8.62. The quantitative estimate of drug-likeness (QED) is 0.349. The number of benzene rings is 1. The van der Waals surface area contributed by atoms with Crippen molar-refractivity contribution in [2.24, 2.45) is 5.41 Å². The summed E-state index contributed by atoms with van der Waals surface area (Å²) in [5.41, 5.74) is 1.77. The van der Waals surface area contributed by atoms with Crippen LogP contribution < -0.4 is 10.6 Å². The van der Waals surface area contributed by atoms with Gasteiger partial charge in [0.15, 0.2) is 0 Å². The van der Waals surface area contributed by atoms with Gasteiger partial charge < -0.3 is 30.5 Å². The summed E-state index contributed by atoms with van der Waals surface area (Å²) in [6, 6.07) is 5.66. The number of aryl methyl sites for hydroxylation is 1. The Morgan fingerprint density at radius 3 is 2.48 bits per heavy atom. The van der Waals surface area contributed by atoms with Crippen molar-refractivity contribution in [3.63, 3.8) is 0 Å². The lowest BCUT2D eigenvalue weighted by Gasteiger charge is -2.36. The highest BCUT2D eigenvalue weighted by Crippen LogP contribution is 2.31. The van der Waals surface area contributed by atoms with E-state index in [1.807, 2.05) is 31.2 Å². The van der Waals surface area contributed by atoms with Gasteiger partial charge in [0, 0.05) is 26.1 Å². The first-order valence-corrected chi connectivity index (χ1v) is 14.2. The molecule has 4 atom stereocenters. The van der Waals surface area contributed by atoms with Gasteiger partial charge in [0.2, 0.25) is 17.4 Å². The lowest BCUT2D eigenvalue weighted by molar-refractivity contribution is -0.169. The second-order valence-corrected chi connectivity index (χ2v) is 12.3. The molecule has 4 rings (SSSR count). The first-order chi connectivity index (χ1) is 18.8. The number of hydrogen-bond donors (Lipinski definition) is 4. The van der Waals surface area contributed by atoms with E-state index in [0.29, 0.717) is 6.42 Å². The third-order valence-corrected chi connectivity index (χ3v) is 8.39. The fourth-order valence-corrected chi connectivity index (χ4v) is 5.92. The molecule has 2 aliphatic heterocycles. The van der Waals surface area contributed by atoms with Crippen LogP contribution in [0.5, 0.6) is 0 Å². The first-order valence-electron chi connectivity index (χ1n) is 13.3. The number of carbonyl (C=O) groups is 4. The molecule has 1 aromatic carbocycles. The molecule has 0 spiro atoms. The van der Waals surface area contributed by atoms with Crippen LogP contribution in [0, 0.1) is 12.3 Å². The molecule has 0 saturated carbocycles. The number of rotatable bonds is 8. The SMILES string of the molecule is Cc1ncsc1-c1ccc(CNC(=O)[C@@H]2C[C@@H](O)CN2C(=O)[C@H](NC(=O)C2(C(=O)O)CCCO2)C(C)(C)C)cc1. The number of aliphatic hydroxyl groups excluding tert-OH is 1. The van der Waals surface area contributed by atoms with Gasteiger partial charge in [-0.3, -0.25) is 14.4 Å². The maximum atomic E-state index is 13.8. The number of carboxylic acid groups (broad SMARTS) is 1. The Balaban J connectivity index is 1.45. The zero-order chi connectivity index (χ0) is 29.2. The Labute approximate surface area is 236 Å². The molecule has 2 fully saturated rings. The molecule has 4 N–H and O–H groups in total. The molecule has 3 heterocycles. The summed E-state index contributed by atoms with van der Waals surface area (Å²) in [6.45, 7) is 7.43. The normalized spacial score (nSPS) is 23.6. The zero-order valence-electron chi connectivity index (χ0n) is 23.1. The number of amides is 3. The minimum absolute atomic E-state index is 0.00250. The molecule has 2 saturated heterocycles. The molecule has 11 nitrogen and oxygen atoms in total. The number of ether oxygens (including phenoxy) is 1. The first kappa shape index (κ1) is 29.6. The molecule has 12 heteroatoms. The number of hydrogen-bond acceptors (Lipinski definition) is 8. The van der Waals surface area contributed by atoms with Crippen molar-refractivity contribution in [2.45, 2.75) is 77.3 Å². The average Bonchev–Trinajstić information content (AvgIpc) is 3.65. The van der Waals surface area contributed by atoms with Crippen LogP contribution in [0.25, 0.3) is 10.4 Å². The van der Waals surface area contributed by atoms with E-state index in [-0.39, 0.29) is 32.5 Å². The van der Waals surface area contributed by atoms with Gasteiger partial charge in [0.05, 0.1) is 22.2 Å². The molecule has 0 aliphatic carbocycles. The van der Waals surface area contributed by atoms with Crippen LogP contribution in [0.15, 0.2) is 29.8 Å². The third-order valence-electron chi connectivity index (χ3n) is 7.42. The average molecular weight is 573 g/mol. The third kappa shape index (κ3) is 6.03. The number of likely N-dealkylation sites (tertiary alicyclic amines) is 1. The van der Waals surface area contributed by atoms with E-state index >= 15 is 0 Å². The van der Waals surface area contributed by atoms with Crippen molar-refractivity contribution in [1.29, 1.82) is 0 Å². The fourth-order valence-electron chi connectivity index (χ4n) is 5.11. The van der Waals surface area contributed by atoms with Crippen LogP contribution in [0.3, 0.4) is 0 Å². The molecule has 1 unspecified atom stereocenters. The van der Waals surface area contributed by atoms with E-state index in [1.54, 1.807) is 37.6 Å². The van der Waals surface area contributed by atoms with Crippen LogP contribution in [0.2, 0.25) is 0 Å². The van der Waals surface area contributed by atoms with E-state index in [2.05, 4.69) is 15.6 Å². The van der Waals surface area contributed by atoms with E-state index in [0.717, 1.165) is 21.7 Å². The zero-order valence-corrected chi connectivity index (χ0v) is 23.9. The van der Waals surface area contributed by atoms with Crippen LogP contribution >= 0.6 is 11.3 Å². The van der Waals surface area contributed by atoms with Crippen molar-refractivity contribution in [3.05, 3.63) is 41.0 Å². The molecule has 2 aliphatic rings. The van der Waals surface area contributed by atoms with Crippen molar-refractivity contribution in [3.8, 4) is 10.4 Å². The number of thiazole rings is 1. The molecule has 0 radical (unpaired) electrons. The summed E-state index contributed by atoms with van der Waals surface area (Å²) in [5, 5.41) is 25.5. The Morgan fingerprint density at radius 1 is 1.23 bits per heavy atom. The highest BCUT2D eigenvalue weighted by molar-refractivity contribution is 7.13. The summed E-state index contributed by atoms with van der Waals surface area (Å²) in [4.78, 5) is 58.6. The maximum absolute atomic E-state index is 13.8. The standard InChI is InChI=1S/C28H36N4O7S/c1-16-21(40-15-30-16)18-8-6-17(7-9-18)13-29-23(34)20-12-19(33)14-32(20)24(35)22(27(2,3)4)31-25(36)28(26(37)38)10-5-11-39-28/h6-9,15,19-20,22,33H,5,10-14H2,1-4H3,(H,29,34)(H,31,36)(H,37,38)/t19-,20+,22+,28?/m1/s1. The summed E-state index contributed by atoms with van der Waals surface area (Å²) < 4.78 is 5.32. The second kappa shape index (κ2) is 11.6. The molecular formula is C28H36N4O7S. The molecule has 40 heavy (non-hydrogen) atoms. The van der Waals surface area contributed by atoms with Gasteiger partial charge in [-0.05, 0) is 36.3 Å². The highest BCUT2D eigenvalue weighted by atomic mass is 32.1. The van der Waals surface area contributed by atoms with E-state index in [9.17, 15) is 29.4 Å². The Bertz CT molecular complexity index is 1260. The van der Waals surface area contributed by atoms with Gasteiger partial charge in [-0.15, -0.1) is 11.3 Å². The minimum atomic E-state index is -2.06. The van der Waals surface area contributed by atoms with E-state index < -0.39 is 52.9 Å². The Morgan fingerprint density at radius 2 is 1.93 bits per heavy atom. The lowest BCUT2D eigenvalue weighted by Crippen LogP contribution is -2.62. The van der Waals surface area contributed by atoms with Crippen LogP contribution in [0.4, 0.5) is 0 Å². The van der Waals surface area contributed by atoms with Gasteiger partial charge >= 0.3 is 5.97 Å². The van der Waals surface area contributed by atoms with Gasteiger partial charge in [-0.25, -0.2) is 9.78 Å². The minimum Gasteiger partial charge on any atom is -0.479 e. The van der Waals surface area contributed by atoms with Crippen molar-refractivity contribution >= 4 is 35.0 Å². The number of carbonyl (C=O) groups excluding carboxylic acids is 3. The molecule has 216 valence electrons. The summed E-state index contributed by atoms with van der Waals surface area (Å²) >= 11 is 1.56. The second-order valence-electron chi connectivity index (χ2n) is 11.4. The number of nitrogens with zero attached hydrogens (tertiary/aromatic N) is 2. The predicted molar refractivity (Wildman–Crippen MR) is 147 cm³/mol. The van der Waals surface area contributed by atoms with E-state index in [1.165, 1.54) is 4.90 Å². The number of aliphatic carboxylic acids is 1. The number of nitrogens with one attached hydrogen (secondary N) is 2. The summed E-state index contributed by atoms with van der Waals surface area (Å²) in [5.74, 6) is -3.30. The molecule has 2 aromatic rings. The van der Waals surface area contributed by atoms with Crippen molar-refractivity contribution in [2.75, 3.05) is 13.2 Å². The Hall–Kier alpha value is -3.35. The van der Waals surface area contributed by atoms with Gasteiger partial charge in [0.1, 0.15) is 12.1 Å². The molecule has 0 bridgehead atoms. The number of β-amino-alcohol motifs (C(OH)–C–C–N with tert-alkyl or cyclic N) is 1. The lowest BCUT2D eigenvalue weighted by atomic mass is 9.84. The van der Waals surface area contributed by atoms with Gasteiger partial charge in [-0.1, -0.05) is 45.0 Å². The predicted octanol–water partition coefficient (Wildman–Crippen LogP) is 1.86. The smallest absolute Gasteiger partial charge is 0.345 e. The van der Waals surface area contributed by atoms with E-state index in [4.69, 9.17) is 4.74 Å². The number of aliphatic hydroxyl groups is 1. The van der Waals surface area contributed by atoms with Gasteiger partial charge in [0.25, 0.3) is 5.91 Å². The molecule has 1 aromatic heterocycles. The summed E-state index contributed by atoms with van der Waals surface area (Å²) in [6.07, 6.45) is -0.463. The number of carboxylic acids is 1. The van der Waals surface area contributed by atoms with Gasteiger partial charge in [-0.2, -0.15) is 0 Å². The van der Waals surface area contributed by atoms with Crippen LogP contribution in [0.1, 0.15) is 51.3 Å². The largest absolute Gasteiger partial charge is 0.479 e. The monoisotopic (exact) mass is 572 g/mol. The summed E-state index contributed by atoms with van der Waals surface area (Å²) in [7, 11) is 0. The van der Waals surface area contributed by atoms with Crippen LogP contribution in [-0.4, -0.2) is 80.7 Å². The van der Waals surface area contributed by atoms with Crippen molar-refractivity contribution < 1.29 is 34.1 Å². The van der Waals surface area contributed by atoms with Crippen LogP contribution in [-0.2, 0) is 30.5 Å². The molecular weight excluding hydrogens is 536 g/mol. The highest BCUT2D eigenvalue weighted by Gasteiger charge is 2.53. The number of aromatic nitrogens is 1. The van der Waals surface area contributed by atoms with Crippen molar-refractivity contribution in [1.82, 2.24) is 20.5 Å².